The van der Waals surface area contributed by atoms with Crippen LogP contribution in [0.1, 0.15) is 18.3 Å². The van der Waals surface area contributed by atoms with Gasteiger partial charge in [-0.25, -0.2) is 0 Å². The number of hydrogen-bond acceptors (Lipinski definition) is 5. The minimum atomic E-state index is -0.0243. The molecule has 0 aliphatic rings. The van der Waals surface area contributed by atoms with Gasteiger partial charge in [0.25, 0.3) is 0 Å². The van der Waals surface area contributed by atoms with Gasteiger partial charge in [-0.1, -0.05) is 42.1 Å². The summed E-state index contributed by atoms with van der Waals surface area (Å²) < 4.78 is 1.93. The number of thioether (sulfide) groups is 1. The normalized spacial score (nSPS) is 10.6. The Morgan fingerprint density at radius 2 is 2.10 bits per heavy atom. The Morgan fingerprint density at radius 1 is 1.33 bits per heavy atom. The summed E-state index contributed by atoms with van der Waals surface area (Å²) in [6.07, 6.45) is 0. The van der Waals surface area contributed by atoms with Gasteiger partial charge in [-0.05, 0) is 12.5 Å². The first-order valence-electron chi connectivity index (χ1n) is 6.80. The molecule has 0 radical (unpaired) electrons. The Morgan fingerprint density at radius 3 is 2.76 bits per heavy atom. The zero-order chi connectivity index (χ0) is 15.1. The van der Waals surface area contributed by atoms with Crippen LogP contribution in [0.15, 0.2) is 35.5 Å². The largest absolute Gasteiger partial charge is 0.351 e. The van der Waals surface area contributed by atoms with Gasteiger partial charge in [0.1, 0.15) is 5.82 Å². The minimum absolute atomic E-state index is 0.0243. The van der Waals surface area contributed by atoms with Crippen LogP contribution in [0.3, 0.4) is 0 Å². The smallest absolute Gasteiger partial charge is 0.230 e. The molecule has 0 bridgehead atoms. The minimum Gasteiger partial charge on any atom is -0.351 e. The maximum absolute atomic E-state index is 11.9. The zero-order valence-electron chi connectivity index (χ0n) is 12.0. The van der Waals surface area contributed by atoms with E-state index >= 15 is 0 Å². The average Bonchev–Trinajstić information content (AvgIpc) is 2.93. The number of nitrogens with zero attached hydrogens (tertiary/aromatic N) is 3. The molecule has 3 N–H and O–H groups in total. The molecule has 2 rings (SSSR count). The van der Waals surface area contributed by atoms with E-state index in [0.29, 0.717) is 18.8 Å². The second-order valence-corrected chi connectivity index (χ2v) is 5.34. The summed E-state index contributed by atoms with van der Waals surface area (Å²) in [5.41, 5.74) is 6.68. The fourth-order valence-corrected chi connectivity index (χ4v) is 2.72. The van der Waals surface area contributed by atoms with Crippen LogP contribution in [0.5, 0.6) is 0 Å². The lowest BCUT2D eigenvalue weighted by Crippen LogP contribution is -2.24. The molecule has 6 nitrogen and oxygen atoms in total. The van der Waals surface area contributed by atoms with E-state index in [1.165, 1.54) is 11.8 Å². The van der Waals surface area contributed by atoms with Gasteiger partial charge in [-0.2, -0.15) is 0 Å². The fourth-order valence-electron chi connectivity index (χ4n) is 1.87. The molecule has 7 heteroatoms. The van der Waals surface area contributed by atoms with E-state index in [4.69, 9.17) is 5.73 Å². The Hall–Kier alpha value is -1.86. The summed E-state index contributed by atoms with van der Waals surface area (Å²) in [6.45, 7) is 3.63. The second-order valence-electron chi connectivity index (χ2n) is 4.40. The molecule has 2 aromatic rings. The van der Waals surface area contributed by atoms with Crippen molar-refractivity contribution in [3.8, 4) is 0 Å². The summed E-state index contributed by atoms with van der Waals surface area (Å²) in [4.78, 5) is 11.9. The van der Waals surface area contributed by atoms with E-state index in [1.807, 2.05) is 41.8 Å². The third-order valence-corrected chi connectivity index (χ3v) is 3.92. The molecule has 0 fully saturated rings. The number of nitrogens with one attached hydrogen (secondary N) is 1. The van der Waals surface area contributed by atoms with Gasteiger partial charge >= 0.3 is 0 Å². The summed E-state index contributed by atoms with van der Waals surface area (Å²) in [5.74, 6) is 1.03. The first-order valence-corrected chi connectivity index (χ1v) is 7.78. The van der Waals surface area contributed by atoms with Crippen LogP contribution in [-0.4, -0.2) is 26.4 Å². The summed E-state index contributed by atoms with van der Waals surface area (Å²) >= 11 is 1.37. The molecule has 0 saturated heterocycles. The van der Waals surface area contributed by atoms with Gasteiger partial charge in [0.2, 0.25) is 5.91 Å². The summed E-state index contributed by atoms with van der Waals surface area (Å²) in [6, 6.07) is 9.82. The summed E-state index contributed by atoms with van der Waals surface area (Å²) in [5, 5.41) is 11.7. The average molecular weight is 305 g/mol. The van der Waals surface area contributed by atoms with Crippen LogP contribution in [0.4, 0.5) is 0 Å². The number of hydrogen-bond donors (Lipinski definition) is 2. The van der Waals surface area contributed by atoms with Crippen LogP contribution >= 0.6 is 11.8 Å². The number of carbonyl (C=O) groups is 1. The highest BCUT2D eigenvalue weighted by molar-refractivity contribution is 7.99. The van der Waals surface area contributed by atoms with Crippen molar-refractivity contribution < 1.29 is 4.79 Å². The molecule has 0 aliphatic heterocycles. The lowest BCUT2D eigenvalue weighted by Gasteiger charge is -2.07. The van der Waals surface area contributed by atoms with Crippen molar-refractivity contribution in [3.05, 3.63) is 41.7 Å². The van der Waals surface area contributed by atoms with Crippen molar-refractivity contribution in [1.29, 1.82) is 0 Å². The maximum atomic E-state index is 11.9. The topological polar surface area (TPSA) is 85.8 Å². The standard InChI is InChI=1S/C14H19N5OS/c1-2-19-12(8-15)17-18-14(19)21-10-13(20)16-9-11-6-4-3-5-7-11/h3-7H,2,8-10,15H2,1H3,(H,16,20). The van der Waals surface area contributed by atoms with E-state index in [1.54, 1.807) is 0 Å². The molecule has 0 saturated carbocycles. The van der Waals surface area contributed by atoms with E-state index in [0.717, 1.165) is 23.1 Å². The van der Waals surface area contributed by atoms with E-state index < -0.39 is 0 Å². The van der Waals surface area contributed by atoms with Crippen molar-refractivity contribution in [2.24, 2.45) is 5.73 Å². The van der Waals surface area contributed by atoms with Crippen molar-refractivity contribution >= 4 is 17.7 Å². The predicted octanol–water partition coefficient (Wildman–Crippen LogP) is 1.17. The van der Waals surface area contributed by atoms with Crippen LogP contribution in [0.2, 0.25) is 0 Å². The van der Waals surface area contributed by atoms with E-state index in [2.05, 4.69) is 15.5 Å². The molecule has 112 valence electrons. The molecule has 1 aromatic heterocycles. The van der Waals surface area contributed by atoms with Crippen LogP contribution in [-0.2, 0) is 24.4 Å². The quantitative estimate of drug-likeness (QED) is 0.750. The van der Waals surface area contributed by atoms with Crippen molar-refractivity contribution in [3.63, 3.8) is 0 Å². The molecule has 0 spiro atoms. The maximum Gasteiger partial charge on any atom is 0.230 e. The third-order valence-electron chi connectivity index (χ3n) is 2.96. The Kier molecular flexibility index (Phi) is 5.77. The SMILES string of the molecule is CCn1c(CN)nnc1SCC(=O)NCc1ccccc1. The van der Waals surface area contributed by atoms with Gasteiger partial charge in [0, 0.05) is 13.1 Å². The molecule has 0 unspecified atom stereocenters. The fraction of sp³-hybridized carbons (Fsp3) is 0.357. The van der Waals surface area contributed by atoms with Crippen molar-refractivity contribution in [2.45, 2.75) is 31.7 Å². The van der Waals surface area contributed by atoms with E-state index in [9.17, 15) is 4.79 Å². The predicted molar refractivity (Wildman–Crippen MR) is 82.6 cm³/mol. The molecular formula is C14H19N5OS. The van der Waals surface area contributed by atoms with Crippen molar-refractivity contribution in [1.82, 2.24) is 20.1 Å². The zero-order valence-corrected chi connectivity index (χ0v) is 12.8. The molecular weight excluding hydrogens is 286 g/mol. The van der Waals surface area contributed by atoms with Gasteiger partial charge in [0.15, 0.2) is 5.16 Å². The highest BCUT2D eigenvalue weighted by atomic mass is 32.2. The molecule has 21 heavy (non-hydrogen) atoms. The van der Waals surface area contributed by atoms with Crippen LogP contribution < -0.4 is 11.1 Å². The Labute approximate surface area is 128 Å². The van der Waals surface area contributed by atoms with Gasteiger partial charge in [-0.3, -0.25) is 4.79 Å². The molecule has 1 amide bonds. The number of amides is 1. The molecule has 1 aromatic carbocycles. The van der Waals surface area contributed by atoms with Gasteiger partial charge in [-0.15, -0.1) is 10.2 Å². The number of rotatable bonds is 7. The second kappa shape index (κ2) is 7.80. The summed E-state index contributed by atoms with van der Waals surface area (Å²) in [7, 11) is 0. The van der Waals surface area contributed by atoms with E-state index in [-0.39, 0.29) is 5.91 Å². The van der Waals surface area contributed by atoms with Gasteiger partial charge < -0.3 is 15.6 Å². The monoisotopic (exact) mass is 305 g/mol. The van der Waals surface area contributed by atoms with Crippen LogP contribution in [0.25, 0.3) is 0 Å². The highest BCUT2D eigenvalue weighted by Crippen LogP contribution is 2.16. The number of carbonyl (C=O) groups excluding carboxylic acids is 1. The van der Waals surface area contributed by atoms with Gasteiger partial charge in [0.05, 0.1) is 12.3 Å². The lowest BCUT2D eigenvalue weighted by atomic mass is 10.2. The number of aromatic nitrogens is 3. The first-order chi connectivity index (χ1) is 10.2. The Bertz CT molecular complexity index is 584. The lowest BCUT2D eigenvalue weighted by molar-refractivity contribution is -0.118. The molecule has 0 aliphatic carbocycles. The molecule has 1 heterocycles. The Balaban J connectivity index is 1.83. The number of nitrogens with two attached hydrogens (primary N) is 1. The highest BCUT2D eigenvalue weighted by Gasteiger charge is 2.11. The first kappa shape index (κ1) is 15.5. The molecule has 0 atom stereocenters. The third kappa shape index (κ3) is 4.30. The van der Waals surface area contributed by atoms with Crippen molar-refractivity contribution in [2.75, 3.05) is 5.75 Å². The number of benzene rings is 1. The van der Waals surface area contributed by atoms with Crippen LogP contribution in [0, 0.1) is 0 Å².